The monoisotopic (exact) mass is 574 g/mol. The number of fused-ring (bicyclic) bond motifs is 8. The van der Waals surface area contributed by atoms with Gasteiger partial charge < -0.3 is 0 Å². The van der Waals surface area contributed by atoms with Crippen LogP contribution in [0.4, 0.5) is 0 Å². The predicted molar refractivity (Wildman–Crippen MR) is 140 cm³/mol. The van der Waals surface area contributed by atoms with E-state index in [4.69, 9.17) is 9.97 Å². The Hall–Kier alpha value is -3.14. The molecule has 33 heavy (non-hydrogen) atoms. The van der Waals surface area contributed by atoms with Crippen molar-refractivity contribution in [3.63, 3.8) is 0 Å². The Labute approximate surface area is 203 Å². The molecular weight excluding hydrogens is 568 g/mol. The fraction of sp³-hybridized carbons (Fsp3) is 0. The van der Waals surface area contributed by atoms with Crippen LogP contribution in [0, 0.1) is 0 Å². The van der Waals surface area contributed by atoms with Crippen molar-refractivity contribution in [1.29, 1.82) is 0 Å². The summed E-state index contributed by atoms with van der Waals surface area (Å²) in [5, 5.41) is 3.32. The molecule has 0 saturated heterocycles. The number of hydrogen-bond acceptors (Lipinski definition) is 5. The summed E-state index contributed by atoms with van der Waals surface area (Å²) in [5.74, 6) is 0. The number of thiophene rings is 1. The lowest BCUT2D eigenvalue weighted by Gasteiger charge is -2.05. The number of imidazole rings is 2. The summed E-state index contributed by atoms with van der Waals surface area (Å²) in [6.45, 7) is 0. The zero-order valence-electron chi connectivity index (χ0n) is 16.4. The first-order valence-corrected chi connectivity index (χ1v) is 12.5. The molecule has 5 heterocycles. The van der Waals surface area contributed by atoms with E-state index in [1.807, 2.05) is 48.5 Å². The highest BCUT2D eigenvalue weighted by Crippen LogP contribution is 2.41. The van der Waals surface area contributed by atoms with Crippen LogP contribution in [0.2, 0.25) is 0 Å². The van der Waals surface area contributed by atoms with Gasteiger partial charge in [0.25, 0.3) is 11.1 Å². The molecule has 0 bridgehead atoms. The Morgan fingerprint density at radius 1 is 0.667 bits per heavy atom. The van der Waals surface area contributed by atoms with E-state index >= 15 is 0 Å². The van der Waals surface area contributed by atoms with Gasteiger partial charge in [-0.2, -0.15) is 0 Å². The maximum Gasteiger partial charge on any atom is 0.274 e. The lowest BCUT2D eigenvalue weighted by Crippen LogP contribution is -2.12. The van der Waals surface area contributed by atoms with Gasteiger partial charge in [-0.3, -0.25) is 18.4 Å². The van der Waals surface area contributed by atoms with Gasteiger partial charge in [0.1, 0.15) is 20.7 Å². The molecular formula is C24H8Br2N4O2S. The number of benzene rings is 3. The van der Waals surface area contributed by atoms with Crippen LogP contribution >= 0.6 is 43.2 Å². The first-order chi connectivity index (χ1) is 16.0. The van der Waals surface area contributed by atoms with Gasteiger partial charge in [0.2, 0.25) is 0 Å². The minimum atomic E-state index is -0.151. The second kappa shape index (κ2) is 5.85. The zero-order valence-corrected chi connectivity index (χ0v) is 20.4. The molecule has 0 N–H and O–H groups in total. The van der Waals surface area contributed by atoms with Crippen LogP contribution in [0.15, 0.2) is 67.1 Å². The average molecular weight is 576 g/mol. The van der Waals surface area contributed by atoms with E-state index in [2.05, 4.69) is 31.9 Å². The third-order valence-electron chi connectivity index (χ3n) is 6.37. The lowest BCUT2D eigenvalue weighted by atomic mass is 10.0. The van der Waals surface area contributed by atoms with Crippen LogP contribution in [0.5, 0.6) is 0 Å². The molecule has 0 radical (unpaired) electrons. The molecule has 0 fully saturated rings. The number of rotatable bonds is 0. The van der Waals surface area contributed by atoms with Crippen LogP contribution in [0.3, 0.4) is 0 Å². The van der Waals surface area contributed by atoms with Gasteiger partial charge in [-0.05, 0) is 48.5 Å². The predicted octanol–water partition coefficient (Wildman–Crippen LogP) is 5.93. The molecule has 0 atom stereocenters. The van der Waals surface area contributed by atoms with Crippen molar-refractivity contribution in [2.45, 2.75) is 0 Å². The molecule has 0 aliphatic rings. The van der Waals surface area contributed by atoms with Gasteiger partial charge in [0.15, 0.2) is 0 Å². The molecule has 0 spiro atoms. The number of hydrogen-bond donors (Lipinski definition) is 0. The summed E-state index contributed by atoms with van der Waals surface area (Å²) in [6, 6.07) is 15.4. The lowest BCUT2D eigenvalue weighted by molar-refractivity contribution is 1.19. The maximum atomic E-state index is 13.7. The summed E-state index contributed by atoms with van der Waals surface area (Å²) in [7, 11) is 0. The van der Waals surface area contributed by atoms with Gasteiger partial charge in [-0.25, -0.2) is 9.97 Å². The number of pyridine rings is 2. The molecule has 156 valence electrons. The van der Waals surface area contributed by atoms with Gasteiger partial charge in [0, 0.05) is 30.5 Å². The van der Waals surface area contributed by atoms with Crippen molar-refractivity contribution in [1.82, 2.24) is 18.8 Å². The van der Waals surface area contributed by atoms with Crippen LogP contribution in [-0.2, 0) is 0 Å². The molecule has 8 aromatic rings. The van der Waals surface area contributed by atoms with Gasteiger partial charge in [-0.1, -0.05) is 31.9 Å². The highest BCUT2D eigenvalue weighted by atomic mass is 79.9. The van der Waals surface area contributed by atoms with E-state index < -0.39 is 0 Å². The van der Waals surface area contributed by atoms with Crippen molar-refractivity contribution in [2.24, 2.45) is 0 Å². The van der Waals surface area contributed by atoms with E-state index in [0.29, 0.717) is 20.7 Å². The Kier molecular flexibility index (Phi) is 3.25. The Morgan fingerprint density at radius 3 is 1.58 bits per heavy atom. The first kappa shape index (κ1) is 18.3. The third kappa shape index (κ3) is 2.09. The molecule has 8 rings (SSSR count). The van der Waals surface area contributed by atoms with E-state index in [1.54, 1.807) is 8.80 Å². The van der Waals surface area contributed by atoms with Crippen molar-refractivity contribution in [3.8, 4) is 0 Å². The smallest absolute Gasteiger partial charge is 0.267 e. The molecule has 0 unspecified atom stereocenters. The van der Waals surface area contributed by atoms with Crippen LogP contribution < -0.4 is 11.1 Å². The quantitative estimate of drug-likeness (QED) is 0.210. The van der Waals surface area contributed by atoms with E-state index in [0.717, 1.165) is 52.6 Å². The van der Waals surface area contributed by atoms with Crippen LogP contribution in [0.1, 0.15) is 0 Å². The Bertz CT molecular complexity index is 2110. The normalized spacial score (nSPS) is 12.8. The largest absolute Gasteiger partial charge is 0.274 e. The Morgan fingerprint density at radius 2 is 1.12 bits per heavy atom. The summed E-state index contributed by atoms with van der Waals surface area (Å²) in [4.78, 5) is 36.9. The number of halogens is 2. The van der Waals surface area contributed by atoms with Crippen molar-refractivity contribution in [3.05, 3.63) is 78.2 Å². The van der Waals surface area contributed by atoms with Crippen molar-refractivity contribution in [2.75, 3.05) is 0 Å². The third-order valence-corrected chi connectivity index (χ3v) is 8.53. The van der Waals surface area contributed by atoms with E-state index in [-0.39, 0.29) is 11.1 Å². The minimum absolute atomic E-state index is 0.151. The van der Waals surface area contributed by atoms with Gasteiger partial charge in [-0.15, -0.1) is 11.3 Å². The fourth-order valence-corrected chi connectivity index (χ4v) is 6.92. The molecule has 3 aromatic carbocycles. The SMILES string of the molecule is O=c1c2sc3c(=O)n4c5ccc(Br)cc5nc4c4ccc(c2c34)c2nc3cc(Br)ccc3n12. The van der Waals surface area contributed by atoms with Gasteiger partial charge >= 0.3 is 0 Å². The molecule has 0 saturated carbocycles. The molecule has 9 heteroatoms. The zero-order chi connectivity index (χ0) is 22.2. The van der Waals surface area contributed by atoms with E-state index in [1.165, 1.54) is 11.3 Å². The average Bonchev–Trinajstić information content (AvgIpc) is 3.48. The second-order valence-electron chi connectivity index (χ2n) is 8.09. The first-order valence-electron chi connectivity index (χ1n) is 10.1. The molecule has 0 amide bonds. The topological polar surface area (TPSA) is 68.7 Å². The summed E-state index contributed by atoms with van der Waals surface area (Å²) in [6.07, 6.45) is 0. The molecule has 0 aliphatic heterocycles. The highest BCUT2D eigenvalue weighted by Gasteiger charge is 2.24. The fourth-order valence-electron chi connectivity index (χ4n) is 5.03. The summed E-state index contributed by atoms with van der Waals surface area (Å²) >= 11 is 8.23. The molecule has 5 aromatic heterocycles. The van der Waals surface area contributed by atoms with Crippen molar-refractivity contribution < 1.29 is 0 Å². The van der Waals surface area contributed by atoms with Crippen LogP contribution in [-0.4, -0.2) is 18.8 Å². The minimum Gasteiger partial charge on any atom is -0.267 e. The van der Waals surface area contributed by atoms with Crippen molar-refractivity contribution >= 4 is 108 Å². The Balaban J connectivity index is 1.68. The van der Waals surface area contributed by atoms with Gasteiger partial charge in [0.05, 0.1) is 22.1 Å². The standard InChI is InChI=1S/C24H8Br2N4O2S/c25-9-1-5-15-13(7-9)27-21-11-3-4-12-18-17(11)19(23(31)29(15)21)33-20(18)24(32)30-16-6-2-10(26)8-14(16)28-22(12)30/h1-8H. The van der Waals surface area contributed by atoms with E-state index in [9.17, 15) is 9.59 Å². The van der Waals surface area contributed by atoms with Crippen LogP contribution in [0.25, 0.3) is 64.3 Å². The second-order valence-corrected chi connectivity index (χ2v) is 10.9. The summed E-state index contributed by atoms with van der Waals surface area (Å²) < 4.78 is 6.26. The molecule has 6 nitrogen and oxygen atoms in total. The number of aromatic nitrogens is 4. The summed E-state index contributed by atoms with van der Waals surface area (Å²) in [5.41, 5.74) is 3.90. The number of nitrogens with zero attached hydrogens (tertiary/aromatic N) is 4. The molecule has 0 aliphatic carbocycles. The maximum absolute atomic E-state index is 13.7. The highest BCUT2D eigenvalue weighted by molar-refractivity contribution is 9.10.